The minimum atomic E-state index is -2.12. The van der Waals surface area contributed by atoms with Gasteiger partial charge in [-0.15, -0.1) is 0 Å². The molecule has 0 unspecified atom stereocenters. The van der Waals surface area contributed by atoms with Crippen LogP contribution in [0, 0.1) is 0 Å². The minimum absolute atomic E-state index is 0.0278. The predicted molar refractivity (Wildman–Crippen MR) is 19.4 cm³/mol. The van der Waals surface area contributed by atoms with Crippen molar-refractivity contribution >= 4 is 7.85 Å². The second-order valence-corrected chi connectivity index (χ2v) is 0.799. The zero-order chi connectivity index (χ0) is 4.28. The van der Waals surface area contributed by atoms with Gasteiger partial charge < -0.3 is 0 Å². The SMILES string of the molecule is BCC(F)F. The van der Waals surface area contributed by atoms with Gasteiger partial charge in [-0.25, -0.2) is 8.78 Å². The Labute approximate surface area is 30.6 Å². The average molecular weight is 77.9 g/mol. The molecule has 0 aliphatic heterocycles. The van der Waals surface area contributed by atoms with E-state index in [4.69, 9.17) is 0 Å². The second kappa shape index (κ2) is 2.18. The molecule has 0 bridgehead atoms. The normalized spacial score (nSPS) is 9.40. The van der Waals surface area contributed by atoms with Crippen molar-refractivity contribution in [1.82, 2.24) is 0 Å². The summed E-state index contributed by atoms with van der Waals surface area (Å²) in [6.45, 7) is 0. The van der Waals surface area contributed by atoms with Gasteiger partial charge in [0, 0.05) is 0 Å². The van der Waals surface area contributed by atoms with Crippen molar-refractivity contribution in [3.8, 4) is 0 Å². The fraction of sp³-hybridized carbons (Fsp3) is 1.00. The Morgan fingerprint density at radius 3 is 1.80 bits per heavy atom. The van der Waals surface area contributed by atoms with Crippen LogP contribution >= 0.6 is 0 Å². The van der Waals surface area contributed by atoms with Crippen molar-refractivity contribution < 1.29 is 8.78 Å². The lowest BCUT2D eigenvalue weighted by molar-refractivity contribution is 0.172. The van der Waals surface area contributed by atoms with E-state index in [-0.39, 0.29) is 6.32 Å². The van der Waals surface area contributed by atoms with Gasteiger partial charge in [0.2, 0.25) is 6.43 Å². The third kappa shape index (κ3) is 3.92. The van der Waals surface area contributed by atoms with Gasteiger partial charge in [0.15, 0.2) is 0 Å². The van der Waals surface area contributed by atoms with Crippen LogP contribution in [0.1, 0.15) is 0 Å². The van der Waals surface area contributed by atoms with Crippen molar-refractivity contribution in [2.75, 3.05) is 0 Å². The number of halogens is 2. The van der Waals surface area contributed by atoms with E-state index in [1.54, 1.807) is 0 Å². The van der Waals surface area contributed by atoms with Gasteiger partial charge >= 0.3 is 0 Å². The van der Waals surface area contributed by atoms with Crippen LogP contribution in [0.3, 0.4) is 0 Å². The molecular formula is C2H5BF2. The van der Waals surface area contributed by atoms with E-state index in [0.29, 0.717) is 0 Å². The van der Waals surface area contributed by atoms with Gasteiger partial charge in [0.25, 0.3) is 0 Å². The van der Waals surface area contributed by atoms with Crippen LogP contribution < -0.4 is 0 Å². The van der Waals surface area contributed by atoms with Gasteiger partial charge in [-0.3, -0.25) is 0 Å². The first kappa shape index (κ1) is 4.92. The Balaban J connectivity index is 2.54. The van der Waals surface area contributed by atoms with E-state index in [9.17, 15) is 8.78 Å². The second-order valence-electron chi connectivity index (χ2n) is 0.799. The van der Waals surface area contributed by atoms with Gasteiger partial charge in [-0.05, 0) is 6.32 Å². The number of hydrogen-bond acceptors (Lipinski definition) is 0. The van der Waals surface area contributed by atoms with Crippen molar-refractivity contribution in [3.05, 3.63) is 0 Å². The van der Waals surface area contributed by atoms with Crippen molar-refractivity contribution in [2.45, 2.75) is 12.7 Å². The minimum Gasteiger partial charge on any atom is -0.211 e. The lowest BCUT2D eigenvalue weighted by atomic mass is 10.1. The first-order valence-electron chi connectivity index (χ1n) is 1.55. The standard InChI is InChI=1S/C2H5BF2/c3-1-2(4)5/h2H,1,3H2. The molecule has 30 valence electrons. The van der Waals surface area contributed by atoms with Gasteiger partial charge in [0.1, 0.15) is 7.85 Å². The van der Waals surface area contributed by atoms with E-state index in [2.05, 4.69) is 0 Å². The first-order valence-corrected chi connectivity index (χ1v) is 1.55. The van der Waals surface area contributed by atoms with Crippen LogP contribution in [-0.4, -0.2) is 14.3 Å². The zero-order valence-electron chi connectivity index (χ0n) is 3.04. The van der Waals surface area contributed by atoms with Crippen molar-refractivity contribution in [3.63, 3.8) is 0 Å². The smallest absolute Gasteiger partial charge is 0.211 e. The average Bonchev–Trinajstić information content (AvgIpc) is 1.38. The molecule has 0 aromatic heterocycles. The Hall–Kier alpha value is -0.0751. The summed E-state index contributed by atoms with van der Waals surface area (Å²) < 4.78 is 21.5. The summed E-state index contributed by atoms with van der Waals surface area (Å²) in [5, 5.41) is 0. The maximum absolute atomic E-state index is 10.8. The molecule has 0 amide bonds. The molecule has 0 rings (SSSR count). The molecule has 0 aromatic carbocycles. The first-order chi connectivity index (χ1) is 2.27. The highest BCUT2D eigenvalue weighted by Crippen LogP contribution is 1.92. The highest BCUT2D eigenvalue weighted by molar-refractivity contribution is 6.08. The van der Waals surface area contributed by atoms with E-state index in [0.717, 1.165) is 0 Å². The Morgan fingerprint density at radius 2 is 1.80 bits per heavy atom. The molecule has 3 heteroatoms. The van der Waals surface area contributed by atoms with Gasteiger partial charge in [-0.1, -0.05) is 0 Å². The zero-order valence-corrected chi connectivity index (χ0v) is 3.04. The Bertz CT molecular complexity index is 21.6. The Kier molecular flexibility index (Phi) is 2.15. The number of rotatable bonds is 1. The van der Waals surface area contributed by atoms with Crippen molar-refractivity contribution in [1.29, 1.82) is 0 Å². The third-order valence-corrected chi connectivity index (χ3v) is 0.309. The molecule has 0 aliphatic rings. The third-order valence-electron chi connectivity index (χ3n) is 0.309. The van der Waals surface area contributed by atoms with E-state index in [1.165, 1.54) is 7.85 Å². The predicted octanol–water partition coefficient (Wildman–Crippen LogP) is 0.303. The fourth-order valence-electron chi connectivity index (χ4n) is 0. The molecule has 0 N–H and O–H groups in total. The molecule has 0 fully saturated rings. The summed E-state index contributed by atoms with van der Waals surface area (Å²) in [5.74, 6) is 0. The quantitative estimate of drug-likeness (QED) is 0.395. The summed E-state index contributed by atoms with van der Waals surface area (Å²) in [4.78, 5) is 0. The highest BCUT2D eigenvalue weighted by Gasteiger charge is 1.91. The van der Waals surface area contributed by atoms with E-state index in [1.807, 2.05) is 0 Å². The summed E-state index contributed by atoms with van der Waals surface area (Å²) in [6.07, 6.45) is -2.14. The van der Waals surface area contributed by atoms with Crippen LogP contribution in [-0.2, 0) is 0 Å². The summed E-state index contributed by atoms with van der Waals surface area (Å²) in [5.41, 5.74) is 0. The topological polar surface area (TPSA) is 0 Å². The fourth-order valence-corrected chi connectivity index (χ4v) is 0. The van der Waals surface area contributed by atoms with Crippen LogP contribution in [0.2, 0.25) is 6.32 Å². The van der Waals surface area contributed by atoms with Crippen LogP contribution in [0.5, 0.6) is 0 Å². The number of alkyl halides is 2. The molecule has 0 atom stereocenters. The molecular weight excluding hydrogens is 72.8 g/mol. The van der Waals surface area contributed by atoms with Crippen LogP contribution in [0.25, 0.3) is 0 Å². The molecule has 0 spiro atoms. The molecule has 5 heavy (non-hydrogen) atoms. The molecule has 0 saturated carbocycles. The summed E-state index contributed by atoms with van der Waals surface area (Å²) in [7, 11) is 1.45. The molecule has 0 heterocycles. The monoisotopic (exact) mass is 78.0 g/mol. The Morgan fingerprint density at radius 1 is 1.60 bits per heavy atom. The van der Waals surface area contributed by atoms with Crippen LogP contribution in [0.15, 0.2) is 0 Å². The number of hydrogen-bond donors (Lipinski definition) is 0. The summed E-state index contributed by atoms with van der Waals surface area (Å²) in [6, 6.07) is 0. The lowest BCUT2D eigenvalue weighted by Crippen LogP contribution is -1.83. The lowest BCUT2D eigenvalue weighted by Gasteiger charge is -1.81. The molecule has 0 aromatic rings. The molecule has 0 aliphatic carbocycles. The van der Waals surface area contributed by atoms with Gasteiger partial charge in [0.05, 0.1) is 0 Å². The van der Waals surface area contributed by atoms with Crippen molar-refractivity contribution in [2.24, 2.45) is 0 Å². The molecule has 0 radical (unpaired) electrons. The molecule has 0 nitrogen and oxygen atoms in total. The largest absolute Gasteiger partial charge is 0.231 e. The summed E-state index contributed by atoms with van der Waals surface area (Å²) >= 11 is 0. The molecule has 0 saturated heterocycles. The van der Waals surface area contributed by atoms with E-state index < -0.39 is 6.43 Å². The maximum atomic E-state index is 10.8. The highest BCUT2D eigenvalue weighted by atomic mass is 19.3. The van der Waals surface area contributed by atoms with Crippen LogP contribution in [0.4, 0.5) is 8.78 Å². The maximum Gasteiger partial charge on any atom is 0.231 e. The van der Waals surface area contributed by atoms with Gasteiger partial charge in [-0.2, -0.15) is 0 Å². The van der Waals surface area contributed by atoms with E-state index >= 15 is 0 Å².